The number of rotatable bonds is 4. The van der Waals surface area contributed by atoms with Gasteiger partial charge >= 0.3 is 0 Å². The van der Waals surface area contributed by atoms with Gasteiger partial charge in [-0.1, -0.05) is 19.1 Å². The fourth-order valence-electron chi connectivity index (χ4n) is 1.80. The molecule has 0 aliphatic rings. The van der Waals surface area contributed by atoms with Crippen molar-refractivity contribution in [3.05, 3.63) is 51.8 Å². The number of ether oxygens (including phenoxy) is 1. The molecule has 2 aromatic rings. The van der Waals surface area contributed by atoms with Gasteiger partial charge in [-0.05, 0) is 59.6 Å². The van der Waals surface area contributed by atoms with Gasteiger partial charge in [-0.25, -0.2) is 0 Å². The average Bonchev–Trinajstić information content (AvgIpc) is 2.42. The summed E-state index contributed by atoms with van der Waals surface area (Å²) in [7, 11) is 0. The first kappa shape index (κ1) is 14.9. The molecule has 3 nitrogen and oxygen atoms in total. The van der Waals surface area contributed by atoms with Gasteiger partial charge in [-0.3, -0.25) is 4.98 Å². The molecule has 104 valence electrons. The summed E-state index contributed by atoms with van der Waals surface area (Å²) < 4.78 is 6.74. The number of hydrogen-bond donors (Lipinski definition) is 1. The van der Waals surface area contributed by atoms with Gasteiger partial charge in [0.2, 0.25) is 0 Å². The topological polar surface area (TPSA) is 48.1 Å². The molecule has 0 fully saturated rings. The van der Waals surface area contributed by atoms with E-state index in [-0.39, 0.29) is 0 Å². The monoisotopic (exact) mass is 350 g/mol. The molecule has 1 heterocycles. The van der Waals surface area contributed by atoms with Gasteiger partial charge < -0.3 is 10.5 Å². The Morgan fingerprint density at radius 1 is 1.30 bits per heavy atom. The normalized spacial score (nSPS) is 10.3. The number of hydrogen-bond acceptors (Lipinski definition) is 3. The molecule has 2 N–H and O–H groups in total. The lowest BCUT2D eigenvalue weighted by Gasteiger charge is -2.12. The fraction of sp³-hybridized carbons (Fsp3) is 0.200. The first-order valence-corrected chi connectivity index (χ1v) is 7.45. The van der Waals surface area contributed by atoms with Crippen LogP contribution in [0.15, 0.2) is 34.8 Å². The van der Waals surface area contributed by atoms with Crippen LogP contribution in [0.5, 0.6) is 11.5 Å². The zero-order chi connectivity index (χ0) is 14.7. The van der Waals surface area contributed by atoms with Crippen molar-refractivity contribution < 1.29 is 4.74 Å². The fourth-order valence-corrected chi connectivity index (χ4v) is 2.39. The highest BCUT2D eigenvalue weighted by atomic mass is 79.9. The van der Waals surface area contributed by atoms with Crippen molar-refractivity contribution in [1.29, 1.82) is 0 Å². The van der Waals surface area contributed by atoms with Crippen molar-refractivity contribution in [3.8, 4) is 11.5 Å². The van der Waals surface area contributed by atoms with Gasteiger partial charge in [0.25, 0.3) is 0 Å². The van der Waals surface area contributed by atoms with Crippen molar-refractivity contribution in [2.24, 2.45) is 5.73 Å². The third kappa shape index (κ3) is 3.35. The highest BCUT2D eigenvalue weighted by Gasteiger charge is 2.09. The van der Waals surface area contributed by atoms with Crippen LogP contribution >= 0.6 is 28.1 Å². The van der Waals surface area contributed by atoms with Crippen LogP contribution in [0.3, 0.4) is 0 Å². The summed E-state index contributed by atoms with van der Waals surface area (Å²) in [6.45, 7) is 4.02. The predicted molar refractivity (Wildman–Crippen MR) is 88.5 cm³/mol. The lowest BCUT2D eigenvalue weighted by Crippen LogP contribution is -2.09. The van der Waals surface area contributed by atoms with Crippen LogP contribution in [0, 0.1) is 6.92 Å². The Balaban J connectivity index is 2.33. The molecule has 0 amide bonds. The molecule has 0 aliphatic heterocycles. The van der Waals surface area contributed by atoms with Gasteiger partial charge in [0.15, 0.2) is 0 Å². The van der Waals surface area contributed by atoms with Crippen LogP contribution < -0.4 is 10.5 Å². The Labute approximate surface area is 132 Å². The molecule has 0 unspecified atom stereocenters. The molecule has 0 bridgehead atoms. The molecule has 0 saturated carbocycles. The molecular weight excluding hydrogens is 336 g/mol. The Bertz CT molecular complexity index is 658. The van der Waals surface area contributed by atoms with Crippen molar-refractivity contribution in [2.75, 3.05) is 0 Å². The van der Waals surface area contributed by atoms with E-state index in [0.717, 1.165) is 33.6 Å². The van der Waals surface area contributed by atoms with E-state index in [9.17, 15) is 0 Å². The standard InChI is InChI=1S/C15H15BrN2OS/c1-3-12-14(6-4-9(2)18-12)19-13-7-5-10(15(17)20)8-11(13)16/h4-8H,3H2,1-2H3,(H2,17,20). The van der Waals surface area contributed by atoms with Gasteiger partial charge in [0, 0.05) is 11.3 Å². The van der Waals surface area contributed by atoms with E-state index >= 15 is 0 Å². The van der Waals surface area contributed by atoms with Crippen molar-refractivity contribution in [1.82, 2.24) is 4.98 Å². The lowest BCUT2D eigenvalue weighted by molar-refractivity contribution is 0.470. The maximum Gasteiger partial charge on any atom is 0.148 e. The number of benzene rings is 1. The predicted octanol–water partition coefficient (Wildman–Crippen LogP) is 4.14. The summed E-state index contributed by atoms with van der Waals surface area (Å²) in [6, 6.07) is 9.42. The van der Waals surface area contributed by atoms with Crippen molar-refractivity contribution in [3.63, 3.8) is 0 Å². The van der Waals surface area contributed by atoms with Crippen LogP contribution in [0.25, 0.3) is 0 Å². The number of aromatic nitrogens is 1. The lowest BCUT2D eigenvalue weighted by atomic mass is 10.2. The summed E-state index contributed by atoms with van der Waals surface area (Å²) >= 11 is 8.43. The summed E-state index contributed by atoms with van der Waals surface area (Å²) in [4.78, 5) is 4.85. The quantitative estimate of drug-likeness (QED) is 0.841. The zero-order valence-corrected chi connectivity index (χ0v) is 13.7. The molecule has 0 aliphatic carbocycles. The van der Waals surface area contributed by atoms with Crippen LogP contribution in [0.4, 0.5) is 0 Å². The van der Waals surface area contributed by atoms with Gasteiger partial charge in [0.05, 0.1) is 10.2 Å². The number of nitrogens with two attached hydrogens (primary N) is 1. The van der Waals surface area contributed by atoms with E-state index in [2.05, 4.69) is 27.8 Å². The Morgan fingerprint density at radius 3 is 2.60 bits per heavy atom. The molecule has 5 heteroatoms. The SMILES string of the molecule is CCc1nc(C)ccc1Oc1ccc(C(N)=S)cc1Br. The van der Waals surface area contributed by atoms with Gasteiger partial charge in [-0.2, -0.15) is 0 Å². The third-order valence-electron chi connectivity index (χ3n) is 2.84. The average molecular weight is 351 g/mol. The minimum atomic E-state index is 0.364. The van der Waals surface area contributed by atoms with Crippen LogP contribution in [-0.4, -0.2) is 9.97 Å². The molecule has 2 rings (SSSR count). The first-order valence-electron chi connectivity index (χ1n) is 6.25. The molecule has 1 aromatic heterocycles. The summed E-state index contributed by atoms with van der Waals surface area (Å²) in [6.07, 6.45) is 0.819. The summed E-state index contributed by atoms with van der Waals surface area (Å²) in [5.41, 5.74) is 8.33. The molecule has 0 radical (unpaired) electrons. The van der Waals surface area contributed by atoms with Crippen LogP contribution in [0.2, 0.25) is 0 Å². The van der Waals surface area contributed by atoms with E-state index in [1.165, 1.54) is 0 Å². The maximum atomic E-state index is 5.93. The number of halogens is 1. The smallest absolute Gasteiger partial charge is 0.148 e. The first-order chi connectivity index (χ1) is 9.51. The van der Waals surface area contributed by atoms with Crippen LogP contribution in [-0.2, 0) is 6.42 Å². The Kier molecular flexibility index (Phi) is 4.73. The van der Waals surface area contributed by atoms with E-state index in [4.69, 9.17) is 22.7 Å². The molecule has 1 aromatic carbocycles. The molecule has 0 spiro atoms. The third-order valence-corrected chi connectivity index (χ3v) is 3.70. The minimum absolute atomic E-state index is 0.364. The summed E-state index contributed by atoms with van der Waals surface area (Å²) in [5, 5.41) is 0. The second-order valence-corrected chi connectivity index (χ2v) is 5.66. The van der Waals surface area contributed by atoms with E-state index < -0.39 is 0 Å². The minimum Gasteiger partial charge on any atom is -0.454 e. The largest absolute Gasteiger partial charge is 0.454 e. The molecule has 0 saturated heterocycles. The van der Waals surface area contributed by atoms with Crippen LogP contribution in [0.1, 0.15) is 23.9 Å². The molecular formula is C15H15BrN2OS. The van der Waals surface area contributed by atoms with E-state index in [1.54, 1.807) is 0 Å². The highest BCUT2D eigenvalue weighted by molar-refractivity contribution is 9.10. The van der Waals surface area contributed by atoms with Crippen molar-refractivity contribution >= 4 is 33.1 Å². The number of thiocarbonyl (C=S) groups is 1. The summed E-state index contributed by atoms with van der Waals surface area (Å²) in [5.74, 6) is 1.48. The number of pyridine rings is 1. The number of nitrogens with zero attached hydrogens (tertiary/aromatic N) is 1. The van der Waals surface area contributed by atoms with Gasteiger partial charge in [-0.15, -0.1) is 0 Å². The highest BCUT2D eigenvalue weighted by Crippen LogP contribution is 2.32. The van der Waals surface area contributed by atoms with E-state index in [0.29, 0.717) is 10.7 Å². The molecule has 0 atom stereocenters. The Hall–Kier alpha value is -1.46. The Morgan fingerprint density at radius 2 is 2.00 bits per heavy atom. The van der Waals surface area contributed by atoms with Gasteiger partial charge in [0.1, 0.15) is 16.5 Å². The second kappa shape index (κ2) is 6.33. The zero-order valence-electron chi connectivity index (χ0n) is 11.3. The second-order valence-electron chi connectivity index (χ2n) is 4.36. The van der Waals surface area contributed by atoms with Crippen molar-refractivity contribution in [2.45, 2.75) is 20.3 Å². The van der Waals surface area contributed by atoms with E-state index in [1.807, 2.05) is 37.3 Å². The maximum absolute atomic E-state index is 5.93. The molecule has 20 heavy (non-hydrogen) atoms. The number of aryl methyl sites for hydroxylation is 2.